The summed E-state index contributed by atoms with van der Waals surface area (Å²) in [4.78, 5) is 35.2. The molecule has 226 valence electrons. The summed E-state index contributed by atoms with van der Waals surface area (Å²) >= 11 is 0. The van der Waals surface area contributed by atoms with Gasteiger partial charge in [0.25, 0.3) is 5.69 Å². The second kappa shape index (κ2) is 13.5. The van der Waals surface area contributed by atoms with Crippen LogP contribution in [0, 0.1) is 17.0 Å². The van der Waals surface area contributed by atoms with Gasteiger partial charge in [0.05, 0.1) is 36.5 Å². The van der Waals surface area contributed by atoms with E-state index in [9.17, 15) is 24.8 Å². The van der Waals surface area contributed by atoms with E-state index in [4.69, 9.17) is 18.6 Å². The zero-order chi connectivity index (χ0) is 31.1. The second-order valence-corrected chi connectivity index (χ2v) is 9.37. The van der Waals surface area contributed by atoms with Gasteiger partial charge in [0, 0.05) is 23.4 Å². The van der Waals surface area contributed by atoms with E-state index < -0.39 is 29.2 Å². The fraction of sp³-hybridized carbons (Fsp3) is 0.276. The molecule has 2 amide bonds. The Hall–Kier alpha value is -5.37. The molecule has 0 aliphatic carbocycles. The van der Waals surface area contributed by atoms with Gasteiger partial charge in [0.1, 0.15) is 18.1 Å². The summed E-state index contributed by atoms with van der Waals surface area (Å²) < 4.78 is 22.1. The first-order valence-electron chi connectivity index (χ1n) is 13.2. The summed E-state index contributed by atoms with van der Waals surface area (Å²) in [6.07, 6.45) is 0.140. The predicted octanol–water partition coefficient (Wildman–Crippen LogP) is 3.68. The molecule has 0 unspecified atom stereocenters. The molecular weight excluding hydrogens is 562 g/mol. The van der Waals surface area contributed by atoms with Gasteiger partial charge in [-0.3, -0.25) is 15.5 Å². The van der Waals surface area contributed by atoms with Gasteiger partial charge in [-0.1, -0.05) is 12.1 Å². The smallest absolute Gasteiger partial charge is 0.337 e. The monoisotopic (exact) mass is 593 g/mol. The summed E-state index contributed by atoms with van der Waals surface area (Å²) in [7, 11) is 1.26. The number of hydrazone groups is 1. The molecule has 0 saturated heterocycles. The van der Waals surface area contributed by atoms with Gasteiger partial charge in [-0.25, -0.2) is 9.59 Å². The first kappa shape index (κ1) is 30.6. The first-order chi connectivity index (χ1) is 20.6. The zero-order valence-corrected chi connectivity index (χ0v) is 23.9. The number of allylic oxidation sites excluding steroid dienone is 1. The minimum Gasteiger partial charge on any atom is -0.490 e. The van der Waals surface area contributed by atoms with Crippen LogP contribution in [0.3, 0.4) is 0 Å². The maximum Gasteiger partial charge on any atom is 0.337 e. The number of non-ortho nitro benzene ring substituents is 1. The van der Waals surface area contributed by atoms with Crippen LogP contribution in [0.5, 0.6) is 11.5 Å². The average Bonchev–Trinajstić information content (AvgIpc) is 3.44. The van der Waals surface area contributed by atoms with Crippen molar-refractivity contribution in [1.82, 2.24) is 16.1 Å². The Morgan fingerprint density at radius 2 is 1.98 bits per heavy atom. The van der Waals surface area contributed by atoms with Crippen LogP contribution >= 0.6 is 0 Å². The van der Waals surface area contributed by atoms with Gasteiger partial charge in [0.15, 0.2) is 17.7 Å². The first-order valence-corrected chi connectivity index (χ1v) is 13.2. The maximum absolute atomic E-state index is 12.4. The summed E-state index contributed by atoms with van der Waals surface area (Å²) in [5, 5.41) is 30.7. The lowest BCUT2D eigenvalue weighted by atomic mass is 9.95. The Morgan fingerprint density at radius 3 is 2.70 bits per heavy atom. The number of furan rings is 1. The molecule has 0 spiro atoms. The van der Waals surface area contributed by atoms with E-state index in [2.05, 4.69) is 21.2 Å². The molecule has 14 nitrogen and oxygen atoms in total. The van der Waals surface area contributed by atoms with Crippen molar-refractivity contribution in [3.63, 3.8) is 0 Å². The van der Waals surface area contributed by atoms with Gasteiger partial charge in [-0.2, -0.15) is 5.10 Å². The number of amides is 2. The Balaban J connectivity index is 1.40. The van der Waals surface area contributed by atoms with Crippen molar-refractivity contribution < 1.29 is 38.2 Å². The molecule has 0 bridgehead atoms. The van der Waals surface area contributed by atoms with Crippen molar-refractivity contribution >= 4 is 23.9 Å². The number of urea groups is 1. The normalized spacial score (nSPS) is 15.5. The van der Waals surface area contributed by atoms with Gasteiger partial charge in [-0.15, -0.1) is 0 Å². The number of nitrogens with zero attached hydrogens (tertiary/aromatic N) is 2. The van der Waals surface area contributed by atoms with Crippen LogP contribution in [0.1, 0.15) is 36.8 Å². The van der Waals surface area contributed by atoms with Crippen molar-refractivity contribution in [1.29, 1.82) is 0 Å². The number of carbonyl (C=O) groups excluding carboxylic acids is 2. The number of hydrogen-bond acceptors (Lipinski definition) is 11. The molecule has 2 heterocycles. The third kappa shape index (κ3) is 7.29. The minimum atomic E-state index is -1.21. The molecule has 0 saturated carbocycles. The molecular formula is C29H31N5O9. The van der Waals surface area contributed by atoms with Crippen molar-refractivity contribution in [2.75, 3.05) is 20.3 Å². The van der Waals surface area contributed by atoms with Crippen LogP contribution in [-0.4, -0.2) is 54.8 Å². The highest BCUT2D eigenvalue weighted by Crippen LogP contribution is 2.35. The summed E-state index contributed by atoms with van der Waals surface area (Å²) in [6.45, 7) is 5.32. The van der Waals surface area contributed by atoms with E-state index in [0.717, 1.165) is 5.56 Å². The minimum absolute atomic E-state index is 0.0462. The number of methoxy groups -OCH3 is 1. The van der Waals surface area contributed by atoms with E-state index in [0.29, 0.717) is 46.5 Å². The Bertz CT molecular complexity index is 1580. The van der Waals surface area contributed by atoms with Crippen LogP contribution in [0.15, 0.2) is 69.3 Å². The Labute approximate surface area is 246 Å². The highest BCUT2D eigenvalue weighted by Gasteiger charge is 2.32. The number of hydrogen-bond donors (Lipinski definition) is 4. The maximum atomic E-state index is 12.4. The molecule has 14 heteroatoms. The van der Waals surface area contributed by atoms with E-state index >= 15 is 0 Å². The zero-order valence-electron chi connectivity index (χ0n) is 23.9. The number of nitrogens with one attached hydrogen (secondary N) is 3. The van der Waals surface area contributed by atoms with Crippen LogP contribution in [0.2, 0.25) is 0 Å². The number of rotatable bonds is 12. The number of nitro benzene ring substituents is 1. The molecule has 0 radical (unpaired) electrons. The average molecular weight is 594 g/mol. The number of ether oxygens (including phenoxy) is 3. The van der Waals surface area contributed by atoms with E-state index in [-0.39, 0.29) is 17.9 Å². The lowest BCUT2D eigenvalue weighted by Gasteiger charge is -2.28. The molecule has 1 aromatic heterocycles. The molecule has 3 aromatic rings. The lowest BCUT2D eigenvalue weighted by molar-refractivity contribution is -0.384. The molecule has 2 atom stereocenters. The quantitative estimate of drug-likeness (QED) is 0.0793. The molecule has 4 rings (SSSR count). The third-order valence-electron chi connectivity index (χ3n) is 6.41. The van der Waals surface area contributed by atoms with Crippen molar-refractivity contribution in [2.45, 2.75) is 33.0 Å². The van der Waals surface area contributed by atoms with Gasteiger partial charge < -0.3 is 34.4 Å². The number of nitro groups is 1. The third-order valence-corrected chi connectivity index (χ3v) is 6.41. The Kier molecular flexibility index (Phi) is 9.62. The topological polar surface area (TPSA) is 187 Å². The number of aryl methyl sites for hydroxylation is 1. The Morgan fingerprint density at radius 1 is 1.19 bits per heavy atom. The highest BCUT2D eigenvalue weighted by atomic mass is 16.6. The molecule has 1 aliphatic heterocycles. The summed E-state index contributed by atoms with van der Waals surface area (Å²) in [5.74, 6) is 0.861. The number of benzene rings is 2. The molecule has 43 heavy (non-hydrogen) atoms. The van der Waals surface area contributed by atoms with E-state index in [1.165, 1.54) is 25.5 Å². The second-order valence-electron chi connectivity index (χ2n) is 9.37. The predicted molar refractivity (Wildman–Crippen MR) is 155 cm³/mol. The van der Waals surface area contributed by atoms with Crippen molar-refractivity contribution in [2.24, 2.45) is 5.10 Å². The number of aliphatic hydroxyl groups excluding tert-OH is 1. The van der Waals surface area contributed by atoms with E-state index in [1.54, 1.807) is 50.2 Å². The number of esters is 1. The largest absolute Gasteiger partial charge is 0.490 e. The van der Waals surface area contributed by atoms with Crippen LogP contribution in [-0.2, 0) is 9.53 Å². The lowest BCUT2D eigenvalue weighted by Crippen LogP contribution is -2.45. The van der Waals surface area contributed by atoms with Crippen molar-refractivity contribution in [3.05, 3.63) is 86.8 Å². The number of aliphatic hydroxyl groups is 1. The molecule has 2 aromatic carbocycles. The SMILES string of the molecule is CCOc1cc([C@H]2NC(=O)NC(C)=C2C(=O)OC)ccc1OC[C@H](O)N/N=C\c1ccc(-c2cc([N+](=O)[O-])ccc2C)o1. The summed E-state index contributed by atoms with van der Waals surface area (Å²) in [6, 6.07) is 11.5. The van der Waals surface area contributed by atoms with E-state index in [1.807, 2.05) is 6.92 Å². The fourth-order valence-electron chi connectivity index (χ4n) is 4.37. The van der Waals surface area contributed by atoms with Crippen molar-refractivity contribution in [3.8, 4) is 22.8 Å². The standard InChI is InChI=1S/C29H31N5O9/c1-5-41-24-12-18(27-26(28(36)40-4)17(3)31-29(37)32-27)7-10-23(24)42-15-25(35)33-30-14-20-9-11-22(43-20)21-13-19(34(38)39)8-6-16(21)2/h6-14,25,27,33,35H,5,15H2,1-4H3,(H2,31,32,37)/b30-14-/t25-,27+/m0/s1. The van der Waals surface area contributed by atoms with Crippen LogP contribution in [0.25, 0.3) is 11.3 Å². The number of carbonyl (C=O) groups is 2. The molecule has 0 fully saturated rings. The van der Waals surface area contributed by atoms with Gasteiger partial charge in [0.2, 0.25) is 0 Å². The van der Waals surface area contributed by atoms with Gasteiger partial charge >= 0.3 is 12.0 Å². The van der Waals surface area contributed by atoms with Gasteiger partial charge in [-0.05, 0) is 56.2 Å². The summed E-state index contributed by atoms with van der Waals surface area (Å²) in [5.41, 5.74) is 5.07. The van der Waals surface area contributed by atoms with Crippen LogP contribution < -0.4 is 25.5 Å². The fourth-order valence-corrected chi connectivity index (χ4v) is 4.37. The molecule has 1 aliphatic rings. The van der Waals surface area contributed by atoms with Crippen LogP contribution in [0.4, 0.5) is 10.5 Å². The molecule has 4 N–H and O–H groups in total. The highest BCUT2D eigenvalue weighted by molar-refractivity contribution is 5.95.